The van der Waals surface area contributed by atoms with E-state index in [0.29, 0.717) is 26.1 Å². The smallest absolute Gasteiger partial charge is 0.342 e. The Morgan fingerprint density at radius 1 is 1.00 bits per heavy atom. The van der Waals surface area contributed by atoms with Crippen LogP contribution in [0.3, 0.4) is 0 Å². The van der Waals surface area contributed by atoms with Gasteiger partial charge in [-0.05, 0) is 78.0 Å². The molecule has 4 aromatic rings. The molecule has 0 aliphatic heterocycles. The van der Waals surface area contributed by atoms with Gasteiger partial charge in [0.2, 0.25) is 5.89 Å². The zero-order valence-corrected chi connectivity index (χ0v) is 20.6. The number of benzene rings is 3. The average molecular weight is 546 g/mol. The number of aromatic nitrogens is 2. The van der Waals surface area contributed by atoms with E-state index in [9.17, 15) is 20.0 Å². The van der Waals surface area contributed by atoms with Gasteiger partial charge in [-0.15, -0.1) is 10.2 Å². The zero-order chi connectivity index (χ0) is 24.9. The van der Waals surface area contributed by atoms with Crippen LogP contribution in [-0.4, -0.2) is 26.2 Å². The molecule has 1 N–H and O–H groups in total. The van der Waals surface area contributed by atoms with Crippen LogP contribution < -0.4 is 0 Å². The molecule has 1 aromatic heterocycles. The monoisotopic (exact) mass is 545 g/mol. The molecule has 1 heterocycles. The van der Waals surface area contributed by atoms with E-state index in [1.54, 1.807) is 60.7 Å². The second-order valence-corrected chi connectivity index (χ2v) is 9.82. The van der Waals surface area contributed by atoms with E-state index in [1.807, 2.05) is 0 Å². The molecule has 0 unspecified atom stereocenters. The Kier molecular flexibility index (Phi) is 7.76. The number of aliphatic carboxylic acids is 1. The SMILES string of the molecule is O=C(O)/C(=C\c1ccc(Sc2ccc(Cl)cc2)c([N+](=O)[O-])c1)Sc1nnc(-c2ccc(Cl)cc2)o1. The molecule has 8 nitrogen and oxygen atoms in total. The minimum absolute atomic E-state index is 0.00742. The molecule has 0 aliphatic carbocycles. The molecule has 0 radical (unpaired) electrons. The van der Waals surface area contributed by atoms with Crippen molar-refractivity contribution in [1.82, 2.24) is 10.2 Å². The summed E-state index contributed by atoms with van der Waals surface area (Å²) in [6.07, 6.45) is 1.31. The molecule has 4 rings (SSSR count). The quantitative estimate of drug-likeness (QED) is 0.105. The van der Waals surface area contributed by atoms with Gasteiger partial charge in [-0.2, -0.15) is 0 Å². The molecule has 0 fully saturated rings. The van der Waals surface area contributed by atoms with Crippen LogP contribution in [0.25, 0.3) is 17.5 Å². The van der Waals surface area contributed by atoms with Crippen molar-refractivity contribution in [3.8, 4) is 11.5 Å². The van der Waals surface area contributed by atoms with Crippen molar-refractivity contribution in [3.63, 3.8) is 0 Å². The van der Waals surface area contributed by atoms with Gasteiger partial charge in [0, 0.05) is 26.6 Å². The lowest BCUT2D eigenvalue weighted by Crippen LogP contribution is -1.97. The Hall–Kier alpha value is -3.31. The number of thioether (sulfide) groups is 1. The Labute approximate surface area is 217 Å². The summed E-state index contributed by atoms with van der Waals surface area (Å²) < 4.78 is 5.56. The summed E-state index contributed by atoms with van der Waals surface area (Å²) >= 11 is 13.7. The number of nitro groups is 1. The lowest BCUT2D eigenvalue weighted by molar-refractivity contribution is -0.387. The van der Waals surface area contributed by atoms with E-state index in [2.05, 4.69) is 10.2 Å². The predicted molar refractivity (Wildman–Crippen MR) is 135 cm³/mol. The maximum atomic E-state index is 11.8. The van der Waals surface area contributed by atoms with E-state index < -0.39 is 10.9 Å². The normalized spacial score (nSPS) is 11.4. The summed E-state index contributed by atoms with van der Waals surface area (Å²) in [5.74, 6) is -1.04. The van der Waals surface area contributed by atoms with E-state index in [0.717, 1.165) is 16.7 Å². The lowest BCUT2D eigenvalue weighted by Gasteiger charge is -2.05. The van der Waals surface area contributed by atoms with Gasteiger partial charge in [0.25, 0.3) is 10.9 Å². The summed E-state index contributed by atoms with van der Waals surface area (Å²) in [5, 5.41) is 30.3. The van der Waals surface area contributed by atoms with Crippen molar-refractivity contribution in [2.45, 2.75) is 15.0 Å². The molecule has 0 bridgehead atoms. The fourth-order valence-electron chi connectivity index (χ4n) is 2.82. The molecule has 12 heteroatoms. The van der Waals surface area contributed by atoms with Crippen molar-refractivity contribution in [2.75, 3.05) is 0 Å². The van der Waals surface area contributed by atoms with Crippen molar-refractivity contribution in [1.29, 1.82) is 0 Å². The third-order valence-corrected chi connectivity index (χ3v) is 6.85. The van der Waals surface area contributed by atoms with E-state index in [-0.39, 0.29) is 21.7 Å². The van der Waals surface area contributed by atoms with Gasteiger partial charge in [-0.3, -0.25) is 10.1 Å². The highest BCUT2D eigenvalue weighted by molar-refractivity contribution is 8.03. The van der Waals surface area contributed by atoms with Gasteiger partial charge >= 0.3 is 5.97 Å². The first-order valence-electron chi connectivity index (χ1n) is 9.72. The molecule has 0 atom stereocenters. The summed E-state index contributed by atoms with van der Waals surface area (Å²) in [7, 11) is 0. The summed E-state index contributed by atoms with van der Waals surface area (Å²) in [5.41, 5.74) is 0.801. The number of rotatable bonds is 8. The predicted octanol–water partition coefficient (Wildman–Crippen LogP) is 7.32. The number of hydrogen-bond donors (Lipinski definition) is 1. The minimum atomic E-state index is -1.25. The molecule has 0 saturated heterocycles. The zero-order valence-electron chi connectivity index (χ0n) is 17.4. The highest BCUT2D eigenvalue weighted by Crippen LogP contribution is 2.37. The van der Waals surface area contributed by atoms with Crippen LogP contribution in [0.5, 0.6) is 0 Å². The number of nitrogens with zero attached hydrogens (tertiary/aromatic N) is 3. The first-order chi connectivity index (χ1) is 16.8. The Morgan fingerprint density at radius 3 is 2.29 bits per heavy atom. The van der Waals surface area contributed by atoms with Crippen LogP contribution in [-0.2, 0) is 4.79 Å². The topological polar surface area (TPSA) is 119 Å². The van der Waals surface area contributed by atoms with E-state index in [1.165, 1.54) is 23.9 Å². The molecule has 176 valence electrons. The Bertz CT molecular complexity index is 1420. The minimum Gasteiger partial charge on any atom is -0.477 e. The number of hydrogen-bond acceptors (Lipinski definition) is 8. The Balaban J connectivity index is 1.58. The largest absolute Gasteiger partial charge is 0.477 e. The van der Waals surface area contributed by atoms with E-state index >= 15 is 0 Å². The van der Waals surface area contributed by atoms with Gasteiger partial charge in [-0.1, -0.05) is 41.0 Å². The molecule has 0 aliphatic rings. The molecule has 0 spiro atoms. The van der Waals surface area contributed by atoms with Gasteiger partial charge in [0.1, 0.15) is 4.91 Å². The first-order valence-corrected chi connectivity index (χ1v) is 12.1. The lowest BCUT2D eigenvalue weighted by atomic mass is 10.2. The van der Waals surface area contributed by atoms with Crippen LogP contribution in [0.15, 0.2) is 91.1 Å². The van der Waals surface area contributed by atoms with Crippen molar-refractivity contribution in [2.24, 2.45) is 0 Å². The van der Waals surface area contributed by atoms with Crippen LogP contribution >= 0.6 is 46.7 Å². The summed E-state index contributed by atoms with van der Waals surface area (Å²) in [6, 6.07) is 18.1. The van der Waals surface area contributed by atoms with Crippen LogP contribution in [0, 0.1) is 10.1 Å². The van der Waals surface area contributed by atoms with Crippen LogP contribution in [0.2, 0.25) is 10.0 Å². The second-order valence-electron chi connectivity index (χ2n) is 6.84. The van der Waals surface area contributed by atoms with Gasteiger partial charge in [0.05, 0.1) is 9.82 Å². The van der Waals surface area contributed by atoms with Crippen LogP contribution in [0.1, 0.15) is 5.56 Å². The highest BCUT2D eigenvalue weighted by atomic mass is 35.5. The number of carboxylic acid groups (broad SMARTS) is 1. The average Bonchev–Trinajstić information content (AvgIpc) is 3.30. The fourth-order valence-corrected chi connectivity index (χ4v) is 4.65. The van der Waals surface area contributed by atoms with Gasteiger partial charge in [0.15, 0.2) is 0 Å². The number of nitro benzene ring substituents is 1. The molecule has 35 heavy (non-hydrogen) atoms. The molecular formula is C23H13Cl2N3O5S2. The van der Waals surface area contributed by atoms with Crippen molar-refractivity contribution in [3.05, 3.63) is 97.4 Å². The maximum absolute atomic E-state index is 11.8. The van der Waals surface area contributed by atoms with Crippen molar-refractivity contribution >= 4 is 64.5 Å². The second kappa shape index (κ2) is 11.0. The number of carbonyl (C=O) groups is 1. The third kappa shape index (κ3) is 6.43. The van der Waals surface area contributed by atoms with Crippen LogP contribution in [0.4, 0.5) is 5.69 Å². The number of carboxylic acids is 1. The third-order valence-electron chi connectivity index (χ3n) is 4.42. The van der Waals surface area contributed by atoms with Gasteiger partial charge in [-0.25, -0.2) is 4.79 Å². The summed E-state index contributed by atoms with van der Waals surface area (Å²) in [4.78, 5) is 24.0. The summed E-state index contributed by atoms with van der Waals surface area (Å²) in [6.45, 7) is 0. The van der Waals surface area contributed by atoms with Crippen molar-refractivity contribution < 1.29 is 19.2 Å². The molecular weight excluding hydrogens is 533 g/mol. The maximum Gasteiger partial charge on any atom is 0.342 e. The van der Waals surface area contributed by atoms with E-state index in [4.69, 9.17) is 27.6 Å². The standard InChI is InChI=1S/C23H13Cl2N3O5S2/c24-15-4-2-14(3-5-15)21-26-27-23(33-21)35-20(22(29)30)12-13-1-10-19(18(11-13)28(31)32)34-17-8-6-16(25)7-9-17/h1-12H,(H,29,30)/b20-12+. The Morgan fingerprint density at radius 2 is 1.66 bits per heavy atom. The van der Waals surface area contributed by atoms with Gasteiger partial charge < -0.3 is 9.52 Å². The highest BCUT2D eigenvalue weighted by Gasteiger charge is 2.19. The molecule has 3 aromatic carbocycles. The number of halogens is 2. The fraction of sp³-hybridized carbons (Fsp3) is 0. The molecule has 0 saturated carbocycles. The molecule has 0 amide bonds. The first kappa shape index (κ1) is 24.8.